The minimum absolute atomic E-state index is 0.199. The molecule has 0 bridgehead atoms. The van der Waals surface area contributed by atoms with Crippen molar-refractivity contribution in [1.82, 2.24) is 10.3 Å². The van der Waals surface area contributed by atoms with E-state index in [1.165, 1.54) is 0 Å². The van der Waals surface area contributed by atoms with Gasteiger partial charge in [0.25, 0.3) is 0 Å². The van der Waals surface area contributed by atoms with E-state index in [0.29, 0.717) is 12.3 Å². The maximum absolute atomic E-state index is 9.06. The lowest BCUT2D eigenvalue weighted by Gasteiger charge is -2.17. The SMILES string of the molecule is CNC(C)c1ccc(C)cc1OCc1cccnc1C#N. The van der Waals surface area contributed by atoms with E-state index in [-0.39, 0.29) is 6.04 Å². The second-order valence-corrected chi connectivity index (χ2v) is 4.96. The van der Waals surface area contributed by atoms with E-state index in [0.717, 1.165) is 22.4 Å². The zero-order valence-electron chi connectivity index (χ0n) is 12.6. The molecule has 4 nitrogen and oxygen atoms in total. The first-order valence-corrected chi connectivity index (χ1v) is 6.90. The highest BCUT2D eigenvalue weighted by Gasteiger charge is 2.11. The van der Waals surface area contributed by atoms with E-state index in [1.807, 2.05) is 32.2 Å². The topological polar surface area (TPSA) is 57.9 Å². The van der Waals surface area contributed by atoms with Crippen molar-refractivity contribution in [3.8, 4) is 11.8 Å². The predicted molar refractivity (Wildman–Crippen MR) is 81.9 cm³/mol. The maximum atomic E-state index is 9.06. The van der Waals surface area contributed by atoms with Crippen LogP contribution in [0.3, 0.4) is 0 Å². The van der Waals surface area contributed by atoms with Gasteiger partial charge in [-0.15, -0.1) is 0 Å². The lowest BCUT2D eigenvalue weighted by atomic mass is 10.1. The van der Waals surface area contributed by atoms with Crippen molar-refractivity contribution in [3.05, 3.63) is 58.9 Å². The molecule has 2 aromatic rings. The van der Waals surface area contributed by atoms with Crippen molar-refractivity contribution < 1.29 is 4.74 Å². The van der Waals surface area contributed by atoms with Crippen molar-refractivity contribution in [3.63, 3.8) is 0 Å². The van der Waals surface area contributed by atoms with Gasteiger partial charge in [-0.2, -0.15) is 5.26 Å². The molecule has 0 fully saturated rings. The molecule has 2 rings (SSSR count). The molecular weight excluding hydrogens is 262 g/mol. The van der Waals surface area contributed by atoms with Gasteiger partial charge in [-0.05, 0) is 38.6 Å². The standard InChI is InChI=1S/C17H19N3O/c1-12-6-7-15(13(2)19-3)17(9-12)21-11-14-5-4-8-20-16(14)10-18/h4-9,13,19H,11H2,1-3H3. The van der Waals surface area contributed by atoms with Crippen molar-refractivity contribution in [2.45, 2.75) is 26.5 Å². The van der Waals surface area contributed by atoms with Crippen LogP contribution in [0.1, 0.15) is 35.3 Å². The third-order valence-electron chi connectivity index (χ3n) is 3.45. The number of nitrogens with zero attached hydrogens (tertiary/aromatic N) is 2. The molecule has 4 heteroatoms. The fraction of sp³-hybridized carbons (Fsp3) is 0.294. The monoisotopic (exact) mass is 281 g/mol. The average Bonchev–Trinajstić information content (AvgIpc) is 2.52. The molecule has 0 radical (unpaired) electrons. The second-order valence-electron chi connectivity index (χ2n) is 4.96. The molecule has 1 atom stereocenters. The molecule has 0 aliphatic heterocycles. The highest BCUT2D eigenvalue weighted by atomic mass is 16.5. The summed E-state index contributed by atoms with van der Waals surface area (Å²) in [5.41, 5.74) is 3.45. The molecule has 1 heterocycles. The summed E-state index contributed by atoms with van der Waals surface area (Å²) in [4.78, 5) is 4.05. The number of ether oxygens (including phenoxy) is 1. The second kappa shape index (κ2) is 6.87. The van der Waals surface area contributed by atoms with Crippen LogP contribution in [-0.4, -0.2) is 12.0 Å². The number of hydrogen-bond acceptors (Lipinski definition) is 4. The Kier molecular flexibility index (Phi) is 4.91. The Bertz CT molecular complexity index is 661. The Hall–Kier alpha value is -2.38. The van der Waals surface area contributed by atoms with Gasteiger partial charge in [-0.3, -0.25) is 0 Å². The molecule has 21 heavy (non-hydrogen) atoms. The van der Waals surface area contributed by atoms with Gasteiger partial charge in [0.05, 0.1) is 0 Å². The fourth-order valence-electron chi connectivity index (χ4n) is 2.09. The Balaban J connectivity index is 2.23. The Morgan fingerprint density at radius 1 is 1.38 bits per heavy atom. The van der Waals surface area contributed by atoms with Gasteiger partial charge in [0.2, 0.25) is 0 Å². The summed E-state index contributed by atoms with van der Waals surface area (Å²) in [6.45, 7) is 4.46. The van der Waals surface area contributed by atoms with E-state index < -0.39 is 0 Å². The number of nitrogens with one attached hydrogen (secondary N) is 1. The largest absolute Gasteiger partial charge is 0.488 e. The van der Waals surface area contributed by atoms with Gasteiger partial charge in [-0.25, -0.2) is 4.98 Å². The molecule has 1 aromatic heterocycles. The minimum atomic E-state index is 0.199. The van der Waals surface area contributed by atoms with E-state index in [9.17, 15) is 0 Å². The maximum Gasteiger partial charge on any atom is 0.147 e. The summed E-state index contributed by atoms with van der Waals surface area (Å²) < 4.78 is 5.94. The highest BCUT2D eigenvalue weighted by molar-refractivity contribution is 5.39. The molecule has 1 unspecified atom stereocenters. The predicted octanol–water partition coefficient (Wildman–Crippen LogP) is 3.12. The van der Waals surface area contributed by atoms with Crippen molar-refractivity contribution in [1.29, 1.82) is 5.26 Å². The van der Waals surface area contributed by atoms with E-state index >= 15 is 0 Å². The normalized spacial score (nSPS) is 11.7. The van der Waals surface area contributed by atoms with Gasteiger partial charge in [0, 0.05) is 23.4 Å². The van der Waals surface area contributed by atoms with Crippen LogP contribution in [0.15, 0.2) is 36.5 Å². The molecule has 0 saturated carbocycles. The van der Waals surface area contributed by atoms with Crippen LogP contribution in [0, 0.1) is 18.3 Å². The molecule has 1 N–H and O–H groups in total. The number of hydrogen-bond donors (Lipinski definition) is 1. The highest BCUT2D eigenvalue weighted by Crippen LogP contribution is 2.27. The van der Waals surface area contributed by atoms with Crippen molar-refractivity contribution in [2.24, 2.45) is 0 Å². The third kappa shape index (κ3) is 3.59. The van der Waals surface area contributed by atoms with Crippen LogP contribution in [0.4, 0.5) is 0 Å². The van der Waals surface area contributed by atoms with Crippen LogP contribution in [0.2, 0.25) is 0 Å². The first kappa shape index (κ1) is 15.0. The number of aromatic nitrogens is 1. The Morgan fingerprint density at radius 3 is 2.90 bits per heavy atom. The van der Waals surface area contributed by atoms with Gasteiger partial charge in [0.15, 0.2) is 0 Å². The number of nitriles is 1. The first-order valence-electron chi connectivity index (χ1n) is 6.90. The van der Waals surface area contributed by atoms with Crippen LogP contribution in [0.25, 0.3) is 0 Å². The molecule has 0 saturated heterocycles. The molecule has 1 aromatic carbocycles. The number of aryl methyl sites for hydroxylation is 1. The summed E-state index contributed by atoms with van der Waals surface area (Å²) >= 11 is 0. The first-order chi connectivity index (χ1) is 10.2. The minimum Gasteiger partial charge on any atom is -0.488 e. The quantitative estimate of drug-likeness (QED) is 0.914. The summed E-state index contributed by atoms with van der Waals surface area (Å²) in [6, 6.07) is 12.1. The summed E-state index contributed by atoms with van der Waals surface area (Å²) in [5, 5.41) is 12.3. The Labute approximate surface area is 125 Å². The molecular formula is C17H19N3O. The zero-order chi connectivity index (χ0) is 15.2. The zero-order valence-corrected chi connectivity index (χ0v) is 12.6. The number of pyridine rings is 1. The van der Waals surface area contributed by atoms with Gasteiger partial charge < -0.3 is 10.1 Å². The summed E-state index contributed by atoms with van der Waals surface area (Å²) in [7, 11) is 1.92. The molecule has 108 valence electrons. The van der Waals surface area contributed by atoms with Crippen LogP contribution in [0.5, 0.6) is 5.75 Å². The Morgan fingerprint density at radius 2 is 2.19 bits per heavy atom. The van der Waals surface area contributed by atoms with Crippen molar-refractivity contribution >= 4 is 0 Å². The van der Waals surface area contributed by atoms with Crippen LogP contribution < -0.4 is 10.1 Å². The summed E-state index contributed by atoms with van der Waals surface area (Å²) in [5.74, 6) is 0.838. The van der Waals surface area contributed by atoms with E-state index in [2.05, 4.69) is 35.4 Å². The number of benzene rings is 1. The smallest absolute Gasteiger partial charge is 0.147 e. The van der Waals surface area contributed by atoms with E-state index in [1.54, 1.807) is 6.20 Å². The number of rotatable bonds is 5. The van der Waals surface area contributed by atoms with Crippen LogP contribution >= 0.6 is 0 Å². The molecule has 0 aliphatic rings. The summed E-state index contributed by atoms with van der Waals surface area (Å²) in [6.07, 6.45) is 1.61. The third-order valence-corrected chi connectivity index (χ3v) is 3.45. The van der Waals surface area contributed by atoms with Gasteiger partial charge >= 0.3 is 0 Å². The molecule has 0 spiro atoms. The lowest BCUT2D eigenvalue weighted by Crippen LogP contribution is -2.14. The fourth-order valence-corrected chi connectivity index (χ4v) is 2.09. The van der Waals surface area contributed by atoms with Gasteiger partial charge in [0.1, 0.15) is 24.1 Å². The van der Waals surface area contributed by atoms with Gasteiger partial charge in [-0.1, -0.05) is 18.2 Å². The van der Waals surface area contributed by atoms with Crippen LogP contribution in [-0.2, 0) is 6.61 Å². The lowest BCUT2D eigenvalue weighted by molar-refractivity contribution is 0.299. The van der Waals surface area contributed by atoms with Crippen molar-refractivity contribution in [2.75, 3.05) is 7.05 Å². The molecule has 0 aliphatic carbocycles. The van der Waals surface area contributed by atoms with E-state index in [4.69, 9.17) is 10.00 Å². The molecule has 0 amide bonds. The average molecular weight is 281 g/mol.